The minimum Gasteiger partial charge on any atom is -0.481 e. The molecule has 0 spiro atoms. The van der Waals surface area contributed by atoms with E-state index in [1.807, 2.05) is 0 Å². The highest BCUT2D eigenvalue weighted by Crippen LogP contribution is 2.25. The summed E-state index contributed by atoms with van der Waals surface area (Å²) in [5.74, 6) is -1.28. The van der Waals surface area contributed by atoms with Gasteiger partial charge in [-0.1, -0.05) is 11.6 Å². The van der Waals surface area contributed by atoms with Crippen LogP contribution in [0.1, 0.15) is 41.7 Å². The van der Waals surface area contributed by atoms with Gasteiger partial charge >= 0.3 is 5.97 Å². The van der Waals surface area contributed by atoms with E-state index in [-0.39, 0.29) is 23.0 Å². The van der Waals surface area contributed by atoms with Crippen LogP contribution in [-0.2, 0) is 4.79 Å². The van der Waals surface area contributed by atoms with Crippen molar-refractivity contribution in [3.8, 4) is 0 Å². The van der Waals surface area contributed by atoms with Crippen LogP contribution in [0.15, 0.2) is 12.1 Å². The number of halogens is 1. The van der Waals surface area contributed by atoms with Crippen LogP contribution in [0.25, 0.3) is 0 Å². The summed E-state index contributed by atoms with van der Waals surface area (Å²) in [6.07, 6.45) is 2.56. The number of rotatable bonds is 3. The first kappa shape index (κ1) is 14.8. The zero-order valence-electron chi connectivity index (χ0n) is 11.2. The quantitative estimate of drug-likeness (QED) is 0.840. The Morgan fingerprint density at radius 1 is 1.30 bits per heavy atom. The summed E-state index contributed by atoms with van der Waals surface area (Å²) in [6, 6.07) is 3.40. The maximum atomic E-state index is 12.1. The van der Waals surface area contributed by atoms with Crippen molar-refractivity contribution in [3.05, 3.63) is 28.5 Å². The second-order valence-electron chi connectivity index (χ2n) is 5.15. The molecule has 0 saturated heterocycles. The molecular weight excluding hydrogens is 280 g/mol. The predicted octanol–water partition coefficient (Wildman–Crippen LogP) is 2.42. The van der Waals surface area contributed by atoms with E-state index in [1.165, 1.54) is 0 Å². The van der Waals surface area contributed by atoms with Crippen LogP contribution in [-0.4, -0.2) is 28.0 Å². The van der Waals surface area contributed by atoms with E-state index in [0.29, 0.717) is 31.2 Å². The number of hydrogen-bond acceptors (Lipinski definition) is 3. The zero-order chi connectivity index (χ0) is 14.7. The molecule has 108 valence electrons. The number of aliphatic carboxylic acids is 1. The standard InChI is InChI=1S/C14H17ClN2O3/c1-8-2-7-11(12(15)16-8)13(18)17-10-5-3-9(4-6-10)14(19)20/h2,7,9-10H,3-6H2,1H3,(H,17,18)(H,19,20)/t9-,10+. The van der Waals surface area contributed by atoms with Crippen LogP contribution in [0.3, 0.4) is 0 Å². The van der Waals surface area contributed by atoms with Gasteiger partial charge in [0.15, 0.2) is 0 Å². The Bertz CT molecular complexity index is 525. The Hall–Kier alpha value is -1.62. The summed E-state index contributed by atoms with van der Waals surface area (Å²) in [6.45, 7) is 1.81. The van der Waals surface area contributed by atoms with Crippen LogP contribution in [0, 0.1) is 12.8 Å². The van der Waals surface area contributed by atoms with Crippen molar-refractivity contribution in [2.45, 2.75) is 38.6 Å². The lowest BCUT2D eigenvalue weighted by Gasteiger charge is -2.26. The molecule has 0 unspecified atom stereocenters. The summed E-state index contributed by atoms with van der Waals surface area (Å²) in [4.78, 5) is 27.0. The van der Waals surface area contributed by atoms with Gasteiger partial charge in [0.1, 0.15) is 5.15 Å². The summed E-state index contributed by atoms with van der Waals surface area (Å²) < 4.78 is 0. The Labute approximate surface area is 122 Å². The molecule has 2 N–H and O–H groups in total. The van der Waals surface area contributed by atoms with Gasteiger partial charge in [0.25, 0.3) is 5.91 Å². The van der Waals surface area contributed by atoms with Crippen LogP contribution in [0.5, 0.6) is 0 Å². The fourth-order valence-electron chi connectivity index (χ4n) is 2.44. The highest BCUT2D eigenvalue weighted by atomic mass is 35.5. The second kappa shape index (κ2) is 6.22. The minimum atomic E-state index is -0.749. The maximum absolute atomic E-state index is 12.1. The number of pyridine rings is 1. The Morgan fingerprint density at radius 3 is 2.50 bits per heavy atom. The van der Waals surface area contributed by atoms with E-state index in [4.69, 9.17) is 16.7 Å². The molecule has 6 heteroatoms. The average molecular weight is 297 g/mol. The maximum Gasteiger partial charge on any atom is 0.306 e. The second-order valence-corrected chi connectivity index (χ2v) is 5.51. The SMILES string of the molecule is Cc1ccc(C(=O)N[C@H]2CC[C@@H](C(=O)O)CC2)c(Cl)n1. The molecule has 1 aliphatic carbocycles. The molecule has 1 fully saturated rings. The first-order valence-electron chi connectivity index (χ1n) is 6.64. The lowest BCUT2D eigenvalue weighted by molar-refractivity contribution is -0.142. The number of nitrogens with zero attached hydrogens (tertiary/aromatic N) is 1. The van der Waals surface area contributed by atoms with Gasteiger partial charge in [-0.05, 0) is 44.7 Å². The Balaban J connectivity index is 1.94. The topological polar surface area (TPSA) is 79.3 Å². The Morgan fingerprint density at radius 2 is 1.95 bits per heavy atom. The van der Waals surface area contributed by atoms with E-state index < -0.39 is 5.97 Å². The summed E-state index contributed by atoms with van der Waals surface area (Å²) in [5, 5.41) is 12.0. The number of nitrogens with one attached hydrogen (secondary N) is 1. The molecule has 0 bridgehead atoms. The zero-order valence-corrected chi connectivity index (χ0v) is 12.0. The van der Waals surface area contributed by atoms with E-state index in [1.54, 1.807) is 19.1 Å². The van der Waals surface area contributed by atoms with Gasteiger partial charge in [-0.2, -0.15) is 0 Å². The normalized spacial score (nSPS) is 22.3. The fourth-order valence-corrected chi connectivity index (χ4v) is 2.72. The molecule has 1 aromatic heterocycles. The molecule has 1 amide bonds. The lowest BCUT2D eigenvalue weighted by atomic mass is 9.86. The number of carbonyl (C=O) groups excluding carboxylic acids is 1. The van der Waals surface area contributed by atoms with Crippen molar-refractivity contribution in [1.82, 2.24) is 10.3 Å². The van der Waals surface area contributed by atoms with Gasteiger partial charge in [-0.15, -0.1) is 0 Å². The summed E-state index contributed by atoms with van der Waals surface area (Å²) in [5.41, 5.74) is 1.12. The molecule has 1 saturated carbocycles. The summed E-state index contributed by atoms with van der Waals surface area (Å²) >= 11 is 5.96. The van der Waals surface area contributed by atoms with Crippen molar-refractivity contribution < 1.29 is 14.7 Å². The van der Waals surface area contributed by atoms with Crippen molar-refractivity contribution in [2.24, 2.45) is 5.92 Å². The number of carboxylic acids is 1. The first-order valence-corrected chi connectivity index (χ1v) is 7.02. The number of carbonyl (C=O) groups is 2. The highest BCUT2D eigenvalue weighted by Gasteiger charge is 2.27. The molecule has 1 aromatic rings. The lowest BCUT2D eigenvalue weighted by Crippen LogP contribution is -2.38. The number of hydrogen-bond donors (Lipinski definition) is 2. The molecule has 1 heterocycles. The van der Waals surface area contributed by atoms with E-state index in [2.05, 4.69) is 10.3 Å². The smallest absolute Gasteiger partial charge is 0.306 e. The third-order valence-electron chi connectivity index (χ3n) is 3.64. The van der Waals surface area contributed by atoms with Crippen LogP contribution < -0.4 is 5.32 Å². The largest absolute Gasteiger partial charge is 0.481 e. The number of amides is 1. The van der Waals surface area contributed by atoms with Gasteiger partial charge in [-0.25, -0.2) is 4.98 Å². The van der Waals surface area contributed by atoms with Crippen LogP contribution >= 0.6 is 11.6 Å². The predicted molar refractivity (Wildman–Crippen MR) is 74.8 cm³/mol. The summed E-state index contributed by atoms with van der Waals surface area (Å²) in [7, 11) is 0. The van der Waals surface area contributed by atoms with Gasteiger partial charge in [0.2, 0.25) is 0 Å². The molecule has 0 aromatic carbocycles. The molecule has 1 aliphatic rings. The number of aromatic nitrogens is 1. The fraction of sp³-hybridized carbons (Fsp3) is 0.500. The van der Waals surface area contributed by atoms with Gasteiger partial charge in [-0.3, -0.25) is 9.59 Å². The van der Waals surface area contributed by atoms with Crippen molar-refractivity contribution >= 4 is 23.5 Å². The minimum absolute atomic E-state index is 0.00969. The van der Waals surface area contributed by atoms with Gasteiger partial charge in [0.05, 0.1) is 11.5 Å². The van der Waals surface area contributed by atoms with E-state index >= 15 is 0 Å². The first-order chi connectivity index (χ1) is 9.47. The Kier molecular flexibility index (Phi) is 4.60. The number of aryl methyl sites for hydroxylation is 1. The molecule has 5 nitrogen and oxygen atoms in total. The monoisotopic (exact) mass is 296 g/mol. The van der Waals surface area contributed by atoms with Crippen molar-refractivity contribution in [2.75, 3.05) is 0 Å². The van der Waals surface area contributed by atoms with Gasteiger partial charge < -0.3 is 10.4 Å². The molecule has 0 radical (unpaired) electrons. The molecule has 0 atom stereocenters. The molecule has 20 heavy (non-hydrogen) atoms. The van der Waals surface area contributed by atoms with Gasteiger partial charge in [0, 0.05) is 11.7 Å². The number of carboxylic acid groups (broad SMARTS) is 1. The third kappa shape index (κ3) is 3.48. The molecular formula is C14H17ClN2O3. The van der Waals surface area contributed by atoms with Crippen molar-refractivity contribution in [1.29, 1.82) is 0 Å². The van der Waals surface area contributed by atoms with Crippen LogP contribution in [0.2, 0.25) is 5.15 Å². The van der Waals surface area contributed by atoms with E-state index in [0.717, 1.165) is 5.69 Å². The van der Waals surface area contributed by atoms with Crippen molar-refractivity contribution in [3.63, 3.8) is 0 Å². The highest BCUT2D eigenvalue weighted by molar-refractivity contribution is 6.32. The van der Waals surface area contributed by atoms with Crippen LogP contribution in [0.4, 0.5) is 0 Å². The van der Waals surface area contributed by atoms with E-state index in [9.17, 15) is 9.59 Å². The third-order valence-corrected chi connectivity index (χ3v) is 3.93. The molecule has 2 rings (SSSR count). The molecule has 0 aliphatic heterocycles. The average Bonchev–Trinajstić information content (AvgIpc) is 2.39.